The van der Waals surface area contributed by atoms with Crippen molar-refractivity contribution in [3.8, 4) is 0 Å². The molecule has 1 aromatic heterocycles. The Bertz CT molecular complexity index is 372. The Morgan fingerprint density at radius 3 is 2.88 bits per heavy atom. The third-order valence-corrected chi connectivity index (χ3v) is 3.24. The fourth-order valence-electron chi connectivity index (χ4n) is 1.90. The van der Waals surface area contributed by atoms with Gasteiger partial charge in [-0.05, 0) is 42.0 Å². The van der Waals surface area contributed by atoms with Gasteiger partial charge in [-0.15, -0.1) is 0 Å². The first-order chi connectivity index (χ1) is 7.66. The predicted octanol–water partition coefficient (Wildman–Crippen LogP) is 2.13. The molecule has 0 N–H and O–H groups in total. The van der Waals surface area contributed by atoms with Crippen LogP contribution in [-0.2, 0) is 0 Å². The van der Waals surface area contributed by atoms with E-state index in [0.717, 1.165) is 32.6 Å². The quantitative estimate of drug-likeness (QED) is 0.789. The van der Waals surface area contributed by atoms with E-state index in [-0.39, 0.29) is 5.82 Å². The lowest BCUT2D eigenvalue weighted by atomic mass is 10.3. The van der Waals surface area contributed by atoms with Crippen molar-refractivity contribution >= 4 is 21.7 Å². The lowest BCUT2D eigenvalue weighted by molar-refractivity contribution is 0.360. The van der Waals surface area contributed by atoms with Crippen LogP contribution >= 0.6 is 15.9 Å². The Kier molecular flexibility index (Phi) is 3.76. The van der Waals surface area contributed by atoms with Crippen molar-refractivity contribution < 1.29 is 4.39 Å². The zero-order valence-corrected chi connectivity index (χ0v) is 10.9. The van der Waals surface area contributed by atoms with Gasteiger partial charge in [0.2, 0.25) is 0 Å². The highest BCUT2D eigenvalue weighted by Crippen LogP contribution is 2.20. The van der Waals surface area contributed by atoms with Gasteiger partial charge in [0.25, 0.3) is 0 Å². The molecule has 0 saturated carbocycles. The van der Waals surface area contributed by atoms with E-state index in [1.165, 1.54) is 6.07 Å². The Balaban J connectivity index is 2.16. The number of nitrogens with zero attached hydrogens (tertiary/aromatic N) is 3. The maximum Gasteiger partial charge on any atom is 0.166 e. The van der Waals surface area contributed by atoms with E-state index in [9.17, 15) is 4.39 Å². The summed E-state index contributed by atoms with van der Waals surface area (Å²) in [6.45, 7) is 3.73. The van der Waals surface area contributed by atoms with Crippen molar-refractivity contribution in [3.63, 3.8) is 0 Å². The molecule has 1 aliphatic rings. The predicted molar refractivity (Wildman–Crippen MR) is 66.2 cm³/mol. The molecule has 0 atom stereocenters. The maximum absolute atomic E-state index is 13.7. The summed E-state index contributed by atoms with van der Waals surface area (Å²) in [5.41, 5.74) is 0. The van der Waals surface area contributed by atoms with Crippen molar-refractivity contribution in [2.24, 2.45) is 0 Å². The van der Waals surface area contributed by atoms with E-state index < -0.39 is 0 Å². The van der Waals surface area contributed by atoms with Crippen LogP contribution in [0.5, 0.6) is 0 Å². The van der Waals surface area contributed by atoms with Crippen molar-refractivity contribution in [1.29, 1.82) is 0 Å². The van der Waals surface area contributed by atoms with Gasteiger partial charge in [0, 0.05) is 30.3 Å². The van der Waals surface area contributed by atoms with E-state index in [2.05, 4.69) is 32.9 Å². The molecule has 88 valence electrons. The summed E-state index contributed by atoms with van der Waals surface area (Å²) in [6.07, 6.45) is 2.70. The zero-order valence-electron chi connectivity index (χ0n) is 9.29. The molecule has 1 fully saturated rings. The molecule has 5 heteroatoms. The number of hydrogen-bond donors (Lipinski definition) is 0. The number of halogens is 2. The maximum atomic E-state index is 13.7. The van der Waals surface area contributed by atoms with Crippen molar-refractivity contribution in [1.82, 2.24) is 9.88 Å². The number of aromatic nitrogens is 1. The van der Waals surface area contributed by atoms with Crippen LogP contribution in [0.1, 0.15) is 6.42 Å². The second kappa shape index (κ2) is 5.10. The van der Waals surface area contributed by atoms with Crippen LogP contribution < -0.4 is 4.90 Å². The summed E-state index contributed by atoms with van der Waals surface area (Å²) in [4.78, 5) is 8.43. The standard InChI is InChI=1S/C11H15BrFN3/c1-15-3-2-4-16(6-5-15)11-10(13)7-9(12)8-14-11/h7-8H,2-6H2,1H3. The first-order valence-electron chi connectivity index (χ1n) is 5.41. The van der Waals surface area contributed by atoms with Crippen LogP contribution in [0, 0.1) is 5.82 Å². The third kappa shape index (κ3) is 2.71. The molecule has 0 radical (unpaired) electrons. The van der Waals surface area contributed by atoms with Gasteiger partial charge in [-0.2, -0.15) is 0 Å². The summed E-state index contributed by atoms with van der Waals surface area (Å²) < 4.78 is 14.4. The molecule has 0 unspecified atom stereocenters. The van der Waals surface area contributed by atoms with Crippen LogP contribution in [0.3, 0.4) is 0 Å². The second-order valence-corrected chi connectivity index (χ2v) is 5.02. The third-order valence-electron chi connectivity index (χ3n) is 2.81. The Morgan fingerprint density at radius 2 is 2.12 bits per heavy atom. The van der Waals surface area contributed by atoms with Crippen LogP contribution in [0.2, 0.25) is 0 Å². The van der Waals surface area contributed by atoms with Gasteiger partial charge in [0.1, 0.15) is 0 Å². The topological polar surface area (TPSA) is 19.4 Å². The van der Waals surface area contributed by atoms with E-state index in [0.29, 0.717) is 10.3 Å². The Morgan fingerprint density at radius 1 is 1.31 bits per heavy atom. The van der Waals surface area contributed by atoms with E-state index >= 15 is 0 Å². The molecule has 3 nitrogen and oxygen atoms in total. The van der Waals surface area contributed by atoms with Crippen LogP contribution in [0.15, 0.2) is 16.7 Å². The highest BCUT2D eigenvalue weighted by atomic mass is 79.9. The van der Waals surface area contributed by atoms with E-state index in [4.69, 9.17) is 0 Å². The minimum atomic E-state index is -0.251. The van der Waals surface area contributed by atoms with Gasteiger partial charge in [0.15, 0.2) is 11.6 Å². The van der Waals surface area contributed by atoms with Crippen LogP contribution in [0.4, 0.5) is 10.2 Å². The van der Waals surface area contributed by atoms with Gasteiger partial charge >= 0.3 is 0 Å². The molecule has 0 amide bonds. The van der Waals surface area contributed by atoms with Crippen LogP contribution in [0.25, 0.3) is 0 Å². The SMILES string of the molecule is CN1CCCN(c2ncc(Br)cc2F)CC1. The molecular formula is C11H15BrFN3. The number of likely N-dealkylation sites (N-methyl/N-ethyl adjacent to an activating group) is 1. The molecule has 0 spiro atoms. The molecule has 0 aromatic carbocycles. The first-order valence-corrected chi connectivity index (χ1v) is 6.20. The normalized spacial score (nSPS) is 18.6. The fourth-order valence-corrected chi connectivity index (χ4v) is 2.20. The molecule has 1 aromatic rings. The molecule has 2 rings (SSSR count). The van der Waals surface area contributed by atoms with Gasteiger partial charge in [-0.3, -0.25) is 0 Å². The van der Waals surface area contributed by atoms with Crippen LogP contribution in [-0.4, -0.2) is 43.1 Å². The lowest BCUT2D eigenvalue weighted by Gasteiger charge is -2.21. The van der Waals surface area contributed by atoms with Gasteiger partial charge < -0.3 is 9.80 Å². The molecule has 0 aliphatic carbocycles. The monoisotopic (exact) mass is 287 g/mol. The highest BCUT2D eigenvalue weighted by molar-refractivity contribution is 9.10. The number of rotatable bonds is 1. The minimum Gasteiger partial charge on any atom is -0.353 e. The molecular weight excluding hydrogens is 273 g/mol. The smallest absolute Gasteiger partial charge is 0.166 e. The van der Waals surface area contributed by atoms with Crippen molar-refractivity contribution in [2.75, 3.05) is 38.1 Å². The van der Waals surface area contributed by atoms with Crippen molar-refractivity contribution in [3.05, 3.63) is 22.6 Å². The lowest BCUT2D eigenvalue weighted by Crippen LogP contribution is -2.30. The molecule has 2 heterocycles. The Labute approximate surface area is 103 Å². The fraction of sp³-hybridized carbons (Fsp3) is 0.545. The zero-order chi connectivity index (χ0) is 11.5. The molecule has 0 bridgehead atoms. The minimum absolute atomic E-state index is 0.251. The highest BCUT2D eigenvalue weighted by Gasteiger charge is 2.16. The van der Waals surface area contributed by atoms with Gasteiger partial charge in [-0.1, -0.05) is 0 Å². The second-order valence-electron chi connectivity index (χ2n) is 4.10. The van der Waals surface area contributed by atoms with E-state index in [1.807, 2.05) is 4.90 Å². The summed E-state index contributed by atoms with van der Waals surface area (Å²) in [6, 6.07) is 1.47. The summed E-state index contributed by atoms with van der Waals surface area (Å²) in [5.74, 6) is 0.220. The summed E-state index contributed by atoms with van der Waals surface area (Å²) in [5, 5.41) is 0. The van der Waals surface area contributed by atoms with Crippen molar-refractivity contribution in [2.45, 2.75) is 6.42 Å². The van der Waals surface area contributed by atoms with Gasteiger partial charge in [0.05, 0.1) is 0 Å². The first kappa shape index (κ1) is 11.8. The molecule has 1 aliphatic heterocycles. The molecule has 16 heavy (non-hydrogen) atoms. The van der Waals surface area contributed by atoms with Gasteiger partial charge in [-0.25, -0.2) is 9.37 Å². The average Bonchev–Trinajstić information content (AvgIpc) is 2.43. The summed E-state index contributed by atoms with van der Waals surface area (Å²) in [7, 11) is 2.09. The number of hydrogen-bond acceptors (Lipinski definition) is 3. The summed E-state index contributed by atoms with van der Waals surface area (Å²) >= 11 is 3.22. The molecule has 1 saturated heterocycles. The Hall–Kier alpha value is -0.680. The largest absolute Gasteiger partial charge is 0.353 e. The average molecular weight is 288 g/mol. The van der Waals surface area contributed by atoms with E-state index in [1.54, 1.807) is 6.20 Å². The number of pyridine rings is 1. The number of anilines is 1.